The Hall–Kier alpha value is -2.54. The summed E-state index contributed by atoms with van der Waals surface area (Å²) in [5.74, 6) is -0.132. The van der Waals surface area contributed by atoms with Crippen LogP contribution >= 0.6 is 11.3 Å². The van der Waals surface area contributed by atoms with Crippen LogP contribution in [0.1, 0.15) is 21.6 Å². The summed E-state index contributed by atoms with van der Waals surface area (Å²) < 4.78 is 0. The molecule has 0 radical (unpaired) electrons. The number of nitrogens with zero attached hydrogens (tertiary/aromatic N) is 3. The molecular weight excluding hydrogens is 380 g/mol. The molecule has 1 aliphatic heterocycles. The summed E-state index contributed by atoms with van der Waals surface area (Å²) in [6, 6.07) is 18.4. The first-order valence-electron chi connectivity index (χ1n) is 9.95. The van der Waals surface area contributed by atoms with Crippen molar-refractivity contribution in [3.63, 3.8) is 0 Å². The highest BCUT2D eigenvalue weighted by atomic mass is 32.1. The van der Waals surface area contributed by atoms with Crippen molar-refractivity contribution in [1.82, 2.24) is 20.1 Å². The summed E-state index contributed by atoms with van der Waals surface area (Å²) in [5.41, 5.74) is 3.92. The number of benzene rings is 2. The smallest absolute Gasteiger partial charge is 0.271 e. The normalized spacial score (nSPS) is 15.3. The molecular formula is C23H26N4OS. The largest absolute Gasteiger partial charge is 0.347 e. The molecule has 1 aromatic heterocycles. The molecule has 6 heteroatoms. The average Bonchev–Trinajstić information content (AvgIpc) is 3.25. The van der Waals surface area contributed by atoms with E-state index in [0.717, 1.165) is 48.9 Å². The van der Waals surface area contributed by atoms with Gasteiger partial charge < -0.3 is 10.2 Å². The Morgan fingerprint density at radius 2 is 1.79 bits per heavy atom. The predicted molar refractivity (Wildman–Crippen MR) is 118 cm³/mol. The molecule has 0 spiro atoms. The maximum Gasteiger partial charge on any atom is 0.271 e. The van der Waals surface area contributed by atoms with E-state index in [-0.39, 0.29) is 5.91 Å². The van der Waals surface area contributed by atoms with Crippen molar-refractivity contribution in [2.75, 3.05) is 33.2 Å². The Morgan fingerprint density at radius 3 is 2.59 bits per heavy atom. The predicted octanol–water partition coefficient (Wildman–Crippen LogP) is 3.49. The summed E-state index contributed by atoms with van der Waals surface area (Å²) in [6.45, 7) is 5.91. The summed E-state index contributed by atoms with van der Waals surface area (Å²) in [6.07, 6.45) is 0. The van der Waals surface area contributed by atoms with E-state index in [0.29, 0.717) is 12.2 Å². The minimum absolute atomic E-state index is 0.132. The maximum absolute atomic E-state index is 12.5. The number of piperazine rings is 1. The van der Waals surface area contributed by atoms with Crippen molar-refractivity contribution in [1.29, 1.82) is 0 Å². The fourth-order valence-corrected chi connectivity index (χ4v) is 4.27. The number of aromatic nitrogens is 1. The van der Waals surface area contributed by atoms with E-state index in [1.54, 1.807) is 0 Å². The Bertz CT molecular complexity index is 948. The van der Waals surface area contributed by atoms with E-state index >= 15 is 0 Å². The second-order valence-corrected chi connectivity index (χ2v) is 8.34. The van der Waals surface area contributed by atoms with Crippen LogP contribution in [-0.2, 0) is 13.1 Å². The van der Waals surface area contributed by atoms with Crippen LogP contribution in [0.25, 0.3) is 10.6 Å². The standard InChI is InChI=1S/C23H26N4OS/c1-26-10-12-27(13-11-26)16-19-7-5-6-18(14-19)15-24-22(28)21-17-29-23(25-21)20-8-3-2-4-9-20/h2-9,14,17H,10-13,15-16H2,1H3,(H,24,28). The first kappa shape index (κ1) is 19.8. The monoisotopic (exact) mass is 406 g/mol. The Kier molecular flexibility index (Phi) is 6.34. The van der Waals surface area contributed by atoms with E-state index in [4.69, 9.17) is 0 Å². The van der Waals surface area contributed by atoms with Gasteiger partial charge in [-0.15, -0.1) is 11.3 Å². The van der Waals surface area contributed by atoms with Crippen LogP contribution in [0.15, 0.2) is 60.0 Å². The van der Waals surface area contributed by atoms with Gasteiger partial charge in [-0.3, -0.25) is 9.69 Å². The topological polar surface area (TPSA) is 48.5 Å². The molecule has 4 rings (SSSR count). The van der Waals surface area contributed by atoms with Gasteiger partial charge >= 0.3 is 0 Å². The molecule has 1 fully saturated rings. The van der Waals surface area contributed by atoms with Crippen LogP contribution in [0.3, 0.4) is 0 Å². The molecule has 0 saturated carbocycles. The molecule has 2 heterocycles. The average molecular weight is 407 g/mol. The third kappa shape index (κ3) is 5.29. The number of nitrogens with one attached hydrogen (secondary N) is 1. The highest BCUT2D eigenvalue weighted by molar-refractivity contribution is 7.13. The first-order valence-corrected chi connectivity index (χ1v) is 10.8. The molecule has 1 N–H and O–H groups in total. The Balaban J connectivity index is 1.33. The van der Waals surface area contributed by atoms with Crippen molar-refractivity contribution in [2.24, 2.45) is 0 Å². The Labute approximate surface area is 176 Å². The molecule has 1 amide bonds. The van der Waals surface area contributed by atoms with Gasteiger partial charge in [-0.1, -0.05) is 54.6 Å². The van der Waals surface area contributed by atoms with Crippen molar-refractivity contribution < 1.29 is 4.79 Å². The van der Waals surface area contributed by atoms with Gasteiger partial charge in [-0.2, -0.15) is 0 Å². The molecule has 0 aliphatic carbocycles. The van der Waals surface area contributed by atoms with Crippen molar-refractivity contribution >= 4 is 17.2 Å². The van der Waals surface area contributed by atoms with E-state index in [1.165, 1.54) is 16.9 Å². The number of hydrogen-bond donors (Lipinski definition) is 1. The number of rotatable bonds is 6. The zero-order valence-electron chi connectivity index (χ0n) is 16.7. The first-order chi connectivity index (χ1) is 14.2. The molecule has 2 aromatic carbocycles. The number of amides is 1. The minimum atomic E-state index is -0.132. The molecule has 3 aromatic rings. The molecule has 0 atom stereocenters. The van der Waals surface area contributed by atoms with E-state index in [9.17, 15) is 4.79 Å². The van der Waals surface area contributed by atoms with Gasteiger partial charge in [-0.05, 0) is 18.2 Å². The van der Waals surface area contributed by atoms with Crippen molar-refractivity contribution in [3.05, 3.63) is 76.8 Å². The van der Waals surface area contributed by atoms with Gasteiger partial charge in [0.15, 0.2) is 0 Å². The molecule has 0 bridgehead atoms. The van der Waals surface area contributed by atoms with Crippen LogP contribution in [0.4, 0.5) is 0 Å². The maximum atomic E-state index is 12.5. The van der Waals surface area contributed by atoms with Gasteiger partial charge in [-0.25, -0.2) is 4.98 Å². The van der Waals surface area contributed by atoms with E-state index in [2.05, 4.69) is 51.4 Å². The summed E-state index contributed by atoms with van der Waals surface area (Å²) >= 11 is 1.49. The van der Waals surface area contributed by atoms with Crippen LogP contribution in [0, 0.1) is 0 Å². The van der Waals surface area contributed by atoms with Gasteiger partial charge in [0.2, 0.25) is 0 Å². The van der Waals surface area contributed by atoms with Gasteiger partial charge in [0, 0.05) is 50.2 Å². The molecule has 29 heavy (non-hydrogen) atoms. The quantitative estimate of drug-likeness (QED) is 0.681. The fraction of sp³-hybridized carbons (Fsp3) is 0.304. The SMILES string of the molecule is CN1CCN(Cc2cccc(CNC(=O)c3csc(-c4ccccc4)n3)c2)CC1. The molecule has 0 unspecified atom stereocenters. The lowest BCUT2D eigenvalue weighted by molar-refractivity contribution is 0.0946. The highest BCUT2D eigenvalue weighted by Gasteiger charge is 2.14. The summed E-state index contributed by atoms with van der Waals surface area (Å²) in [5, 5.41) is 5.69. The summed E-state index contributed by atoms with van der Waals surface area (Å²) in [7, 11) is 2.17. The fourth-order valence-electron chi connectivity index (χ4n) is 3.47. The number of likely N-dealkylation sites (N-methyl/N-ethyl adjacent to an activating group) is 1. The lowest BCUT2D eigenvalue weighted by atomic mass is 10.1. The molecule has 5 nitrogen and oxygen atoms in total. The van der Waals surface area contributed by atoms with Crippen LogP contribution in [0.5, 0.6) is 0 Å². The zero-order chi connectivity index (χ0) is 20.1. The lowest BCUT2D eigenvalue weighted by Gasteiger charge is -2.32. The summed E-state index contributed by atoms with van der Waals surface area (Å²) in [4.78, 5) is 21.9. The van der Waals surface area contributed by atoms with E-state index in [1.807, 2.05) is 35.7 Å². The lowest BCUT2D eigenvalue weighted by Crippen LogP contribution is -2.43. The number of hydrogen-bond acceptors (Lipinski definition) is 5. The van der Waals surface area contributed by atoms with Crippen LogP contribution in [0.2, 0.25) is 0 Å². The molecule has 1 aliphatic rings. The third-order valence-corrected chi connectivity index (χ3v) is 6.10. The number of carbonyl (C=O) groups excluding carboxylic acids is 1. The van der Waals surface area contributed by atoms with Gasteiger partial charge in [0.1, 0.15) is 10.7 Å². The third-order valence-electron chi connectivity index (χ3n) is 5.20. The minimum Gasteiger partial charge on any atom is -0.347 e. The molecule has 150 valence electrons. The Morgan fingerprint density at radius 1 is 1.03 bits per heavy atom. The van der Waals surface area contributed by atoms with Gasteiger partial charge in [0.25, 0.3) is 5.91 Å². The second-order valence-electron chi connectivity index (χ2n) is 7.49. The van der Waals surface area contributed by atoms with E-state index < -0.39 is 0 Å². The zero-order valence-corrected chi connectivity index (χ0v) is 17.5. The van der Waals surface area contributed by atoms with Crippen molar-refractivity contribution in [3.8, 4) is 10.6 Å². The van der Waals surface area contributed by atoms with Gasteiger partial charge in [0.05, 0.1) is 0 Å². The second kappa shape index (κ2) is 9.31. The van der Waals surface area contributed by atoms with Crippen LogP contribution < -0.4 is 5.32 Å². The van der Waals surface area contributed by atoms with Crippen molar-refractivity contribution in [2.45, 2.75) is 13.1 Å². The number of carbonyl (C=O) groups is 1. The molecule has 1 saturated heterocycles. The highest BCUT2D eigenvalue weighted by Crippen LogP contribution is 2.23. The van der Waals surface area contributed by atoms with Crippen LogP contribution in [-0.4, -0.2) is 53.9 Å². The number of thiazole rings is 1.